The Bertz CT molecular complexity index is 480. The van der Waals surface area contributed by atoms with Crippen molar-refractivity contribution < 1.29 is 9.59 Å². The van der Waals surface area contributed by atoms with Crippen LogP contribution in [0.3, 0.4) is 0 Å². The molecule has 0 aliphatic heterocycles. The molecule has 96 valence electrons. The van der Waals surface area contributed by atoms with Gasteiger partial charge in [0.15, 0.2) is 0 Å². The Morgan fingerprint density at radius 2 is 2.00 bits per heavy atom. The number of amides is 1. The second-order valence-electron chi connectivity index (χ2n) is 4.41. The average molecular weight is 422 g/mol. The number of carbonyl (C=O) groups excluding carboxylic acids is 2. The molecule has 0 atom stereocenters. The van der Waals surface area contributed by atoms with Gasteiger partial charge in [-0.3, -0.25) is 9.59 Å². The molecule has 1 fully saturated rings. The molecule has 18 heavy (non-hydrogen) atoms. The molecule has 0 bridgehead atoms. The quantitative estimate of drug-likeness (QED) is 0.744. The minimum Gasteiger partial charge on any atom is -0.349 e. The summed E-state index contributed by atoms with van der Waals surface area (Å²) < 4.78 is 1.83. The van der Waals surface area contributed by atoms with Crippen LogP contribution >= 0.6 is 38.5 Å². The maximum absolute atomic E-state index is 12.1. The first-order valence-electron chi connectivity index (χ1n) is 5.84. The fourth-order valence-electron chi connectivity index (χ4n) is 2.02. The van der Waals surface area contributed by atoms with Gasteiger partial charge >= 0.3 is 0 Å². The molecule has 1 saturated carbocycles. The van der Waals surface area contributed by atoms with E-state index in [4.69, 9.17) is 0 Å². The first-order chi connectivity index (χ1) is 8.56. The number of rotatable bonds is 2. The highest BCUT2D eigenvalue weighted by Crippen LogP contribution is 2.21. The van der Waals surface area contributed by atoms with Crippen LogP contribution in [0.5, 0.6) is 0 Å². The van der Waals surface area contributed by atoms with E-state index < -0.39 is 0 Å². The smallest absolute Gasteiger partial charge is 0.252 e. The fraction of sp³-hybridized carbons (Fsp3) is 0.385. The zero-order chi connectivity index (χ0) is 13.1. The zero-order valence-corrected chi connectivity index (χ0v) is 13.5. The standard InChI is InChI=1S/C13H13BrINO2/c14-12-6-1-8(15)7-11(12)13(18)16-9-2-4-10(17)5-3-9/h1,6-7,9H,2-5H2,(H,16,18). The van der Waals surface area contributed by atoms with Crippen LogP contribution in [0.15, 0.2) is 22.7 Å². The van der Waals surface area contributed by atoms with E-state index in [9.17, 15) is 9.59 Å². The maximum Gasteiger partial charge on any atom is 0.252 e. The van der Waals surface area contributed by atoms with E-state index >= 15 is 0 Å². The van der Waals surface area contributed by atoms with Gasteiger partial charge in [-0.2, -0.15) is 0 Å². The van der Waals surface area contributed by atoms with Crippen LogP contribution in [0, 0.1) is 3.57 Å². The lowest BCUT2D eigenvalue weighted by molar-refractivity contribution is -0.120. The lowest BCUT2D eigenvalue weighted by Gasteiger charge is -2.22. The molecule has 2 rings (SSSR count). The van der Waals surface area contributed by atoms with Crippen molar-refractivity contribution in [1.82, 2.24) is 5.32 Å². The van der Waals surface area contributed by atoms with Crippen LogP contribution in [0.4, 0.5) is 0 Å². The second kappa shape index (κ2) is 6.14. The fourth-order valence-corrected chi connectivity index (χ4v) is 2.94. The third-order valence-corrected chi connectivity index (χ3v) is 4.41. The van der Waals surface area contributed by atoms with Crippen molar-refractivity contribution in [1.29, 1.82) is 0 Å². The van der Waals surface area contributed by atoms with Crippen molar-refractivity contribution in [3.63, 3.8) is 0 Å². The van der Waals surface area contributed by atoms with E-state index in [0.29, 0.717) is 24.2 Å². The Balaban J connectivity index is 2.03. The van der Waals surface area contributed by atoms with Gasteiger partial charge in [-0.25, -0.2) is 0 Å². The SMILES string of the molecule is O=C1CCC(NC(=O)c2cc(I)ccc2Br)CC1. The Kier molecular flexibility index (Phi) is 4.77. The van der Waals surface area contributed by atoms with Crippen LogP contribution in [0.1, 0.15) is 36.0 Å². The van der Waals surface area contributed by atoms with Crippen molar-refractivity contribution in [2.24, 2.45) is 0 Å². The van der Waals surface area contributed by atoms with Crippen LogP contribution in [0.2, 0.25) is 0 Å². The van der Waals surface area contributed by atoms with Gasteiger partial charge in [-0.1, -0.05) is 0 Å². The Labute approximate surface area is 128 Å². The van der Waals surface area contributed by atoms with E-state index in [2.05, 4.69) is 43.8 Å². The minimum atomic E-state index is -0.0697. The predicted octanol–water partition coefficient (Wildman–Crippen LogP) is 3.30. The maximum atomic E-state index is 12.1. The normalized spacial score (nSPS) is 16.7. The van der Waals surface area contributed by atoms with Gasteiger partial charge in [0.05, 0.1) is 5.56 Å². The van der Waals surface area contributed by atoms with Gasteiger partial charge in [-0.15, -0.1) is 0 Å². The highest BCUT2D eigenvalue weighted by Gasteiger charge is 2.21. The zero-order valence-electron chi connectivity index (χ0n) is 9.71. The van der Waals surface area contributed by atoms with E-state index in [1.165, 1.54) is 0 Å². The molecule has 1 N–H and O–H groups in total. The number of hydrogen-bond donors (Lipinski definition) is 1. The van der Waals surface area contributed by atoms with Crippen LogP contribution in [-0.2, 0) is 4.79 Å². The Morgan fingerprint density at radius 3 is 2.67 bits per heavy atom. The summed E-state index contributed by atoms with van der Waals surface area (Å²) in [6.07, 6.45) is 2.68. The molecule has 0 saturated heterocycles. The summed E-state index contributed by atoms with van der Waals surface area (Å²) in [7, 11) is 0. The third kappa shape index (κ3) is 3.54. The van der Waals surface area contributed by atoms with Crippen molar-refractivity contribution in [3.8, 4) is 0 Å². The number of Topliss-reactive ketones (excluding diaryl/α,β-unsaturated/α-hetero) is 1. The largest absolute Gasteiger partial charge is 0.349 e. The minimum absolute atomic E-state index is 0.0697. The number of benzene rings is 1. The number of carbonyl (C=O) groups is 2. The predicted molar refractivity (Wildman–Crippen MR) is 81.6 cm³/mol. The lowest BCUT2D eigenvalue weighted by Crippen LogP contribution is -2.37. The Morgan fingerprint density at radius 1 is 1.33 bits per heavy atom. The van der Waals surface area contributed by atoms with E-state index in [-0.39, 0.29) is 11.9 Å². The monoisotopic (exact) mass is 421 g/mol. The molecule has 0 spiro atoms. The number of halogens is 2. The first-order valence-corrected chi connectivity index (χ1v) is 7.71. The molecule has 1 aliphatic rings. The molecule has 1 amide bonds. The molecule has 1 aromatic rings. The first kappa shape index (κ1) is 14.0. The molecular weight excluding hydrogens is 409 g/mol. The molecule has 1 aliphatic carbocycles. The molecule has 0 radical (unpaired) electrons. The molecule has 0 unspecified atom stereocenters. The summed E-state index contributed by atoms with van der Waals surface area (Å²) in [5, 5.41) is 3.00. The molecular formula is C13H13BrINO2. The summed E-state index contributed by atoms with van der Waals surface area (Å²) in [6.45, 7) is 0. The Hall–Kier alpha value is -0.430. The van der Waals surface area contributed by atoms with Crippen molar-refractivity contribution >= 4 is 50.2 Å². The number of ketones is 1. The lowest BCUT2D eigenvalue weighted by atomic mass is 9.94. The highest BCUT2D eigenvalue weighted by atomic mass is 127. The number of hydrogen-bond acceptors (Lipinski definition) is 2. The van der Waals surface area contributed by atoms with Gasteiger partial charge in [0.2, 0.25) is 0 Å². The summed E-state index contributed by atoms with van der Waals surface area (Å²) >= 11 is 5.57. The highest BCUT2D eigenvalue weighted by molar-refractivity contribution is 14.1. The number of nitrogens with one attached hydrogen (secondary N) is 1. The van der Waals surface area contributed by atoms with Gasteiger partial charge in [0, 0.05) is 26.9 Å². The topological polar surface area (TPSA) is 46.2 Å². The average Bonchev–Trinajstić information content (AvgIpc) is 2.35. The molecule has 5 heteroatoms. The van der Waals surface area contributed by atoms with E-state index in [0.717, 1.165) is 20.9 Å². The van der Waals surface area contributed by atoms with Crippen LogP contribution in [-0.4, -0.2) is 17.7 Å². The van der Waals surface area contributed by atoms with Gasteiger partial charge in [0.25, 0.3) is 5.91 Å². The van der Waals surface area contributed by atoms with Crippen molar-refractivity contribution in [2.45, 2.75) is 31.7 Å². The van der Waals surface area contributed by atoms with Crippen LogP contribution in [0.25, 0.3) is 0 Å². The summed E-state index contributed by atoms with van der Waals surface area (Å²) in [4.78, 5) is 23.3. The molecule has 0 heterocycles. The van der Waals surface area contributed by atoms with Crippen molar-refractivity contribution in [2.75, 3.05) is 0 Å². The third-order valence-electron chi connectivity index (χ3n) is 3.05. The summed E-state index contributed by atoms with van der Waals surface area (Å²) in [6, 6.07) is 5.80. The van der Waals surface area contributed by atoms with Gasteiger partial charge < -0.3 is 5.32 Å². The summed E-state index contributed by atoms with van der Waals surface area (Å²) in [5.74, 6) is 0.232. The second-order valence-corrected chi connectivity index (χ2v) is 6.51. The summed E-state index contributed by atoms with van der Waals surface area (Å²) in [5.41, 5.74) is 0.652. The van der Waals surface area contributed by atoms with Crippen LogP contribution < -0.4 is 5.32 Å². The van der Waals surface area contributed by atoms with E-state index in [1.54, 1.807) is 0 Å². The van der Waals surface area contributed by atoms with Gasteiger partial charge in [0.1, 0.15) is 5.78 Å². The molecule has 3 nitrogen and oxygen atoms in total. The van der Waals surface area contributed by atoms with E-state index in [1.807, 2.05) is 18.2 Å². The van der Waals surface area contributed by atoms with Crippen molar-refractivity contribution in [3.05, 3.63) is 31.8 Å². The van der Waals surface area contributed by atoms with Gasteiger partial charge in [-0.05, 0) is 69.6 Å². The molecule has 1 aromatic carbocycles. The molecule has 0 aromatic heterocycles.